The van der Waals surface area contributed by atoms with Crippen molar-refractivity contribution < 1.29 is 0 Å². The zero-order valence-corrected chi connectivity index (χ0v) is 10.6. The molecule has 1 aromatic rings. The molecule has 90 valence electrons. The van der Waals surface area contributed by atoms with Crippen molar-refractivity contribution in [1.29, 1.82) is 0 Å². The summed E-state index contributed by atoms with van der Waals surface area (Å²) in [5.41, 5.74) is 7.29. The summed E-state index contributed by atoms with van der Waals surface area (Å²) in [6.07, 6.45) is 4.03. The second kappa shape index (κ2) is 5.85. The fourth-order valence-corrected chi connectivity index (χ4v) is 1.77. The molecule has 1 rings (SSSR count). The normalized spacial score (nSPS) is 11.5. The Bertz CT molecular complexity index is 310. The van der Waals surface area contributed by atoms with Gasteiger partial charge in [0.1, 0.15) is 5.82 Å². The SMILES string of the molecule is CCC(CC)(CN)CNc1cc(C)ccn1. The van der Waals surface area contributed by atoms with Gasteiger partial charge in [-0.25, -0.2) is 4.98 Å². The molecule has 0 saturated heterocycles. The van der Waals surface area contributed by atoms with Crippen LogP contribution in [0, 0.1) is 12.3 Å². The first kappa shape index (κ1) is 13.0. The lowest BCUT2D eigenvalue weighted by Gasteiger charge is -2.30. The number of nitrogens with zero attached hydrogens (tertiary/aromatic N) is 1. The molecule has 1 aromatic heterocycles. The summed E-state index contributed by atoms with van der Waals surface area (Å²) in [5.74, 6) is 0.944. The van der Waals surface area contributed by atoms with Crippen molar-refractivity contribution in [3.05, 3.63) is 23.9 Å². The van der Waals surface area contributed by atoms with Crippen LogP contribution in [-0.2, 0) is 0 Å². The van der Waals surface area contributed by atoms with Gasteiger partial charge in [0.15, 0.2) is 0 Å². The zero-order chi connectivity index (χ0) is 12.0. The third-order valence-electron chi connectivity index (χ3n) is 3.49. The second-order valence-corrected chi connectivity index (χ2v) is 4.48. The molecule has 0 fully saturated rings. The Morgan fingerprint density at radius 1 is 1.38 bits per heavy atom. The summed E-state index contributed by atoms with van der Waals surface area (Å²) < 4.78 is 0. The van der Waals surface area contributed by atoms with Crippen molar-refractivity contribution >= 4 is 5.82 Å². The van der Waals surface area contributed by atoms with Gasteiger partial charge >= 0.3 is 0 Å². The minimum absolute atomic E-state index is 0.200. The molecule has 0 atom stereocenters. The van der Waals surface area contributed by atoms with E-state index in [-0.39, 0.29) is 5.41 Å². The maximum atomic E-state index is 5.86. The van der Waals surface area contributed by atoms with Gasteiger partial charge in [-0.05, 0) is 49.4 Å². The van der Waals surface area contributed by atoms with Crippen molar-refractivity contribution in [2.45, 2.75) is 33.6 Å². The van der Waals surface area contributed by atoms with Gasteiger partial charge < -0.3 is 11.1 Å². The van der Waals surface area contributed by atoms with Crippen molar-refractivity contribution in [2.75, 3.05) is 18.4 Å². The Morgan fingerprint density at radius 3 is 2.56 bits per heavy atom. The third kappa shape index (κ3) is 3.20. The van der Waals surface area contributed by atoms with E-state index in [0.29, 0.717) is 0 Å². The van der Waals surface area contributed by atoms with Crippen LogP contribution < -0.4 is 11.1 Å². The standard InChI is InChI=1S/C13H23N3/c1-4-13(5-2,9-14)10-16-12-8-11(3)6-7-15-12/h6-8H,4-5,9-10,14H2,1-3H3,(H,15,16). The van der Waals surface area contributed by atoms with Gasteiger partial charge in [0, 0.05) is 12.7 Å². The average Bonchev–Trinajstić information content (AvgIpc) is 2.32. The van der Waals surface area contributed by atoms with Crippen LogP contribution >= 0.6 is 0 Å². The van der Waals surface area contributed by atoms with E-state index in [2.05, 4.69) is 37.1 Å². The Hall–Kier alpha value is -1.09. The van der Waals surface area contributed by atoms with Gasteiger partial charge in [-0.3, -0.25) is 0 Å². The monoisotopic (exact) mass is 221 g/mol. The van der Waals surface area contributed by atoms with Crippen molar-refractivity contribution in [3.63, 3.8) is 0 Å². The van der Waals surface area contributed by atoms with Crippen LogP contribution in [0.15, 0.2) is 18.3 Å². The van der Waals surface area contributed by atoms with Gasteiger partial charge in [-0.2, -0.15) is 0 Å². The van der Waals surface area contributed by atoms with Gasteiger partial charge in [-0.15, -0.1) is 0 Å². The summed E-state index contributed by atoms with van der Waals surface area (Å²) in [6, 6.07) is 4.06. The molecule has 0 bridgehead atoms. The molecule has 1 heterocycles. The molecule has 0 saturated carbocycles. The largest absolute Gasteiger partial charge is 0.369 e. The molecule has 3 nitrogen and oxygen atoms in total. The number of aromatic nitrogens is 1. The molecular weight excluding hydrogens is 198 g/mol. The molecule has 3 heteroatoms. The van der Waals surface area contributed by atoms with Crippen molar-refractivity contribution in [2.24, 2.45) is 11.1 Å². The third-order valence-corrected chi connectivity index (χ3v) is 3.49. The van der Waals surface area contributed by atoms with E-state index in [9.17, 15) is 0 Å². The molecule has 0 radical (unpaired) electrons. The smallest absolute Gasteiger partial charge is 0.126 e. The highest BCUT2D eigenvalue weighted by Gasteiger charge is 2.23. The highest BCUT2D eigenvalue weighted by molar-refractivity contribution is 5.37. The number of nitrogens with two attached hydrogens (primary N) is 1. The summed E-state index contributed by atoms with van der Waals surface area (Å²) in [5, 5.41) is 3.39. The zero-order valence-electron chi connectivity index (χ0n) is 10.6. The minimum atomic E-state index is 0.200. The van der Waals surface area contributed by atoms with E-state index in [1.54, 1.807) is 0 Å². The molecule has 0 aliphatic heterocycles. The fourth-order valence-electron chi connectivity index (χ4n) is 1.77. The Balaban J connectivity index is 2.62. The number of pyridine rings is 1. The van der Waals surface area contributed by atoms with Gasteiger partial charge in [0.05, 0.1) is 0 Å². The van der Waals surface area contributed by atoms with Crippen LogP contribution in [-0.4, -0.2) is 18.1 Å². The summed E-state index contributed by atoms with van der Waals surface area (Å²) in [7, 11) is 0. The Kier molecular flexibility index (Phi) is 4.74. The summed E-state index contributed by atoms with van der Waals surface area (Å²) in [6.45, 7) is 8.08. The van der Waals surface area contributed by atoms with Crippen LogP contribution in [0.5, 0.6) is 0 Å². The van der Waals surface area contributed by atoms with Crippen molar-refractivity contribution in [1.82, 2.24) is 4.98 Å². The topological polar surface area (TPSA) is 50.9 Å². The van der Waals surface area contributed by atoms with E-state index in [4.69, 9.17) is 5.73 Å². The summed E-state index contributed by atoms with van der Waals surface area (Å²) >= 11 is 0. The summed E-state index contributed by atoms with van der Waals surface area (Å²) in [4.78, 5) is 4.29. The molecule has 16 heavy (non-hydrogen) atoms. The first-order valence-electron chi connectivity index (χ1n) is 6.02. The van der Waals surface area contributed by atoms with Crippen molar-refractivity contribution in [3.8, 4) is 0 Å². The van der Waals surface area contributed by atoms with Crippen LogP contribution in [0.1, 0.15) is 32.3 Å². The van der Waals surface area contributed by atoms with E-state index in [1.165, 1.54) is 5.56 Å². The number of hydrogen-bond acceptors (Lipinski definition) is 3. The van der Waals surface area contributed by atoms with E-state index in [0.717, 1.165) is 31.7 Å². The van der Waals surface area contributed by atoms with Crippen LogP contribution in [0.3, 0.4) is 0 Å². The molecule has 3 N–H and O–H groups in total. The minimum Gasteiger partial charge on any atom is -0.369 e. The molecule has 0 aromatic carbocycles. The predicted molar refractivity (Wildman–Crippen MR) is 69.5 cm³/mol. The van der Waals surface area contributed by atoms with Gasteiger partial charge in [0.25, 0.3) is 0 Å². The Labute approximate surface area is 98.5 Å². The number of hydrogen-bond donors (Lipinski definition) is 2. The fraction of sp³-hybridized carbons (Fsp3) is 0.615. The van der Waals surface area contributed by atoms with E-state index < -0.39 is 0 Å². The first-order chi connectivity index (χ1) is 7.65. The van der Waals surface area contributed by atoms with Gasteiger partial charge in [0.2, 0.25) is 0 Å². The Morgan fingerprint density at radius 2 is 2.06 bits per heavy atom. The predicted octanol–water partition coefficient (Wildman–Crippen LogP) is 2.57. The number of anilines is 1. The molecule has 0 spiro atoms. The number of rotatable bonds is 6. The average molecular weight is 221 g/mol. The maximum absolute atomic E-state index is 5.86. The number of aryl methyl sites for hydroxylation is 1. The first-order valence-corrected chi connectivity index (χ1v) is 6.02. The lowest BCUT2D eigenvalue weighted by atomic mass is 9.82. The molecular formula is C13H23N3. The molecule has 0 aliphatic rings. The quantitative estimate of drug-likeness (QED) is 0.776. The lowest BCUT2D eigenvalue weighted by Crippen LogP contribution is -2.36. The van der Waals surface area contributed by atoms with E-state index in [1.807, 2.05) is 12.3 Å². The highest BCUT2D eigenvalue weighted by Crippen LogP contribution is 2.25. The lowest BCUT2D eigenvalue weighted by molar-refractivity contribution is 0.294. The molecule has 0 aliphatic carbocycles. The van der Waals surface area contributed by atoms with Gasteiger partial charge in [-0.1, -0.05) is 13.8 Å². The molecule has 0 amide bonds. The van der Waals surface area contributed by atoms with E-state index >= 15 is 0 Å². The van der Waals surface area contributed by atoms with Crippen LogP contribution in [0.25, 0.3) is 0 Å². The maximum Gasteiger partial charge on any atom is 0.126 e. The van der Waals surface area contributed by atoms with Crippen LogP contribution in [0.4, 0.5) is 5.82 Å². The highest BCUT2D eigenvalue weighted by atomic mass is 15.0. The molecule has 0 unspecified atom stereocenters. The number of nitrogens with one attached hydrogen (secondary N) is 1. The second-order valence-electron chi connectivity index (χ2n) is 4.48. The van der Waals surface area contributed by atoms with Crippen LogP contribution in [0.2, 0.25) is 0 Å².